The summed E-state index contributed by atoms with van der Waals surface area (Å²) < 4.78 is 35.8. The lowest BCUT2D eigenvalue weighted by molar-refractivity contribution is -0.203. The van der Waals surface area contributed by atoms with E-state index in [9.17, 15) is 13.2 Å². The molecule has 10 heavy (non-hydrogen) atoms. The molecule has 0 spiro atoms. The second kappa shape index (κ2) is 3.72. The van der Waals surface area contributed by atoms with E-state index in [4.69, 9.17) is 5.11 Å². The standard InChI is InChI=1S/C4H7F3INO/c1-9(8)2-3(10)4(5,6)7/h3,10H,2H2,1H3/t3-/m1/s1. The summed E-state index contributed by atoms with van der Waals surface area (Å²) in [5.74, 6) is 0. The Bertz CT molecular complexity index is 105. The van der Waals surface area contributed by atoms with E-state index in [1.165, 1.54) is 10.2 Å². The number of aliphatic hydroxyl groups excluding tert-OH is 1. The largest absolute Gasteiger partial charge is 0.415 e. The van der Waals surface area contributed by atoms with Crippen LogP contribution in [0.15, 0.2) is 0 Å². The molecule has 0 aliphatic rings. The van der Waals surface area contributed by atoms with Crippen LogP contribution in [0.3, 0.4) is 0 Å². The van der Waals surface area contributed by atoms with Crippen molar-refractivity contribution in [1.82, 2.24) is 3.11 Å². The molecular formula is C4H7F3INO. The highest BCUT2D eigenvalue weighted by Gasteiger charge is 2.38. The van der Waals surface area contributed by atoms with E-state index in [-0.39, 0.29) is 0 Å². The Hall–Kier alpha value is 0.440. The van der Waals surface area contributed by atoms with Gasteiger partial charge >= 0.3 is 6.18 Å². The van der Waals surface area contributed by atoms with Crippen LogP contribution in [0.25, 0.3) is 0 Å². The summed E-state index contributed by atoms with van der Waals surface area (Å²) in [5.41, 5.74) is 0. The molecule has 2 nitrogen and oxygen atoms in total. The van der Waals surface area contributed by atoms with Crippen LogP contribution in [0.5, 0.6) is 0 Å². The Morgan fingerprint density at radius 2 is 2.00 bits per heavy atom. The summed E-state index contributed by atoms with van der Waals surface area (Å²) in [4.78, 5) is 0. The zero-order valence-corrected chi connectivity index (χ0v) is 7.35. The Balaban J connectivity index is 3.73. The molecule has 1 atom stereocenters. The Morgan fingerprint density at radius 1 is 1.60 bits per heavy atom. The normalized spacial score (nSPS) is 15.9. The monoisotopic (exact) mass is 269 g/mol. The first-order valence-electron chi connectivity index (χ1n) is 2.45. The van der Waals surface area contributed by atoms with Gasteiger partial charge in [0.25, 0.3) is 0 Å². The van der Waals surface area contributed by atoms with Crippen molar-refractivity contribution in [2.75, 3.05) is 13.6 Å². The predicted octanol–water partition coefficient (Wildman–Crippen LogP) is 1.19. The van der Waals surface area contributed by atoms with Crippen molar-refractivity contribution >= 4 is 22.9 Å². The minimum atomic E-state index is -4.50. The number of hydrogen-bond acceptors (Lipinski definition) is 2. The van der Waals surface area contributed by atoms with Crippen molar-refractivity contribution in [3.63, 3.8) is 0 Å². The highest BCUT2D eigenvalue weighted by molar-refractivity contribution is 14.1. The molecule has 0 aliphatic carbocycles. The summed E-state index contributed by atoms with van der Waals surface area (Å²) in [5, 5.41) is 8.38. The number of hydrogen-bond donors (Lipinski definition) is 1. The van der Waals surface area contributed by atoms with Crippen LogP contribution in [0, 0.1) is 0 Å². The topological polar surface area (TPSA) is 23.5 Å². The summed E-state index contributed by atoms with van der Waals surface area (Å²) in [6.45, 7) is -0.399. The summed E-state index contributed by atoms with van der Waals surface area (Å²) >= 11 is 1.67. The van der Waals surface area contributed by atoms with Crippen LogP contribution in [0.4, 0.5) is 13.2 Å². The second-order valence-corrected chi connectivity index (χ2v) is 3.49. The fourth-order valence-electron chi connectivity index (χ4n) is 0.342. The van der Waals surface area contributed by atoms with Gasteiger partial charge in [-0.3, -0.25) is 0 Å². The first kappa shape index (κ1) is 10.4. The lowest BCUT2D eigenvalue weighted by Gasteiger charge is -2.16. The quantitative estimate of drug-likeness (QED) is 0.601. The Morgan fingerprint density at radius 3 is 2.10 bits per heavy atom. The fraction of sp³-hybridized carbons (Fsp3) is 1.00. The number of nitrogens with zero attached hydrogens (tertiary/aromatic N) is 1. The smallest absolute Gasteiger partial charge is 0.382 e. The molecule has 0 saturated heterocycles. The molecule has 0 aromatic rings. The molecule has 0 unspecified atom stereocenters. The molecule has 0 aliphatic heterocycles. The van der Waals surface area contributed by atoms with Crippen molar-refractivity contribution in [2.24, 2.45) is 0 Å². The summed E-state index contributed by atoms with van der Waals surface area (Å²) in [6, 6.07) is 0. The number of aliphatic hydroxyl groups is 1. The molecule has 0 saturated carbocycles. The van der Waals surface area contributed by atoms with Gasteiger partial charge in [-0.1, -0.05) is 0 Å². The summed E-state index contributed by atoms with van der Waals surface area (Å²) in [7, 11) is 1.45. The zero-order chi connectivity index (χ0) is 8.36. The van der Waals surface area contributed by atoms with Gasteiger partial charge in [0.15, 0.2) is 6.10 Å². The van der Waals surface area contributed by atoms with E-state index >= 15 is 0 Å². The summed E-state index contributed by atoms with van der Waals surface area (Å²) in [6.07, 6.45) is -6.74. The van der Waals surface area contributed by atoms with E-state index in [1.807, 2.05) is 0 Å². The molecule has 0 aromatic carbocycles. The maximum absolute atomic E-state index is 11.5. The van der Waals surface area contributed by atoms with Gasteiger partial charge in [-0.25, -0.2) is 3.11 Å². The molecule has 0 aromatic heterocycles. The van der Waals surface area contributed by atoms with Gasteiger partial charge in [0, 0.05) is 29.4 Å². The Kier molecular flexibility index (Phi) is 3.89. The molecule has 0 radical (unpaired) electrons. The molecule has 0 heterocycles. The van der Waals surface area contributed by atoms with Crippen molar-refractivity contribution in [3.05, 3.63) is 0 Å². The second-order valence-electron chi connectivity index (χ2n) is 1.84. The van der Waals surface area contributed by atoms with E-state index < -0.39 is 18.8 Å². The predicted molar refractivity (Wildman–Crippen MR) is 38.7 cm³/mol. The average molecular weight is 269 g/mol. The molecule has 0 bridgehead atoms. The van der Waals surface area contributed by atoms with Crippen molar-refractivity contribution in [1.29, 1.82) is 0 Å². The molecule has 62 valence electrons. The molecule has 0 fully saturated rings. The van der Waals surface area contributed by atoms with Crippen molar-refractivity contribution in [3.8, 4) is 0 Å². The minimum absolute atomic E-state index is 0.399. The van der Waals surface area contributed by atoms with Crippen LogP contribution in [-0.4, -0.2) is 34.1 Å². The lowest BCUT2D eigenvalue weighted by Crippen LogP contribution is -2.36. The first-order valence-corrected chi connectivity index (χ1v) is 3.42. The highest BCUT2D eigenvalue weighted by atomic mass is 127. The van der Waals surface area contributed by atoms with Crippen LogP contribution in [-0.2, 0) is 0 Å². The van der Waals surface area contributed by atoms with Gasteiger partial charge < -0.3 is 5.11 Å². The first-order chi connectivity index (χ1) is 4.34. The van der Waals surface area contributed by atoms with E-state index in [0.29, 0.717) is 0 Å². The lowest BCUT2D eigenvalue weighted by atomic mass is 10.3. The number of rotatable bonds is 2. The SMILES string of the molecule is CN(I)C[C@@H](O)C(F)(F)F. The van der Waals surface area contributed by atoms with Crippen molar-refractivity contribution in [2.45, 2.75) is 12.3 Å². The van der Waals surface area contributed by atoms with Gasteiger partial charge in [0.1, 0.15) is 0 Å². The third kappa shape index (κ3) is 4.29. The molecule has 0 amide bonds. The van der Waals surface area contributed by atoms with Crippen LogP contribution in [0.1, 0.15) is 0 Å². The van der Waals surface area contributed by atoms with E-state index in [2.05, 4.69) is 0 Å². The average Bonchev–Trinajstić information content (AvgIpc) is 1.60. The van der Waals surface area contributed by atoms with E-state index in [1.54, 1.807) is 22.9 Å². The molecule has 0 rings (SSSR count). The van der Waals surface area contributed by atoms with Crippen LogP contribution < -0.4 is 0 Å². The molecule has 1 N–H and O–H groups in total. The van der Waals surface area contributed by atoms with E-state index in [0.717, 1.165) is 0 Å². The number of alkyl halides is 3. The van der Waals surface area contributed by atoms with Gasteiger partial charge in [-0.05, 0) is 7.05 Å². The zero-order valence-electron chi connectivity index (χ0n) is 5.19. The minimum Gasteiger partial charge on any atom is -0.382 e. The maximum atomic E-state index is 11.5. The third-order valence-electron chi connectivity index (χ3n) is 0.802. The van der Waals surface area contributed by atoms with Gasteiger partial charge in [0.05, 0.1) is 0 Å². The highest BCUT2D eigenvalue weighted by Crippen LogP contribution is 2.20. The number of likely N-dealkylation sites (N-methyl/N-ethyl adjacent to an activating group) is 1. The number of halogens is 4. The Labute approximate surface area is 70.5 Å². The molecule has 6 heteroatoms. The molecular weight excluding hydrogens is 262 g/mol. The van der Waals surface area contributed by atoms with Crippen molar-refractivity contribution < 1.29 is 18.3 Å². The van der Waals surface area contributed by atoms with Crippen LogP contribution >= 0.6 is 22.9 Å². The van der Waals surface area contributed by atoms with Gasteiger partial charge in [0.2, 0.25) is 0 Å². The van der Waals surface area contributed by atoms with Gasteiger partial charge in [-0.2, -0.15) is 13.2 Å². The van der Waals surface area contributed by atoms with Crippen LogP contribution in [0.2, 0.25) is 0 Å². The van der Waals surface area contributed by atoms with Gasteiger partial charge in [-0.15, -0.1) is 0 Å². The third-order valence-corrected chi connectivity index (χ3v) is 1.20. The maximum Gasteiger partial charge on any atom is 0.415 e. The fourth-order valence-corrected chi connectivity index (χ4v) is 0.715.